The number of carbonyl (C=O) groups excluding carboxylic acids is 1. The lowest BCUT2D eigenvalue weighted by molar-refractivity contribution is -0.188. The van der Waals surface area contributed by atoms with Crippen molar-refractivity contribution in [1.82, 2.24) is 5.32 Å². The van der Waals surface area contributed by atoms with Crippen LogP contribution < -0.4 is 5.32 Å². The summed E-state index contributed by atoms with van der Waals surface area (Å²) in [5, 5.41) is 12.8. The highest BCUT2D eigenvalue weighted by atomic mass is 35.5. The molecule has 2 N–H and O–H groups in total. The Morgan fingerprint density at radius 1 is 1.09 bits per heavy atom. The van der Waals surface area contributed by atoms with Crippen molar-refractivity contribution in [3.05, 3.63) is 58.1 Å². The third kappa shape index (κ3) is 5.26. The fourth-order valence-corrected chi connectivity index (χ4v) is 4.47. The summed E-state index contributed by atoms with van der Waals surface area (Å²) in [5.74, 6) is -3.35. The summed E-state index contributed by atoms with van der Waals surface area (Å²) < 4.78 is 38.9. The average Bonchev–Trinajstić information content (AvgIpc) is 2.70. The van der Waals surface area contributed by atoms with E-state index in [0.29, 0.717) is 5.02 Å². The van der Waals surface area contributed by atoms with E-state index < -0.39 is 29.5 Å². The zero-order valence-electron chi connectivity index (χ0n) is 17.9. The number of carboxylic acids is 1. The molecule has 2 aromatic carbocycles. The van der Waals surface area contributed by atoms with E-state index in [0.717, 1.165) is 27.8 Å². The summed E-state index contributed by atoms with van der Waals surface area (Å²) >= 11 is 5.97. The standard InChI is InChI=1S/C24H25ClF3NO3/c1-14-11-15(2)20(16-3-5-19(25)6-4-16)12-17(14)13-21(30)29-23(22(31)32)9-7-18(8-10-23)24(26,27)28/h3-6,11-12,18H,7-10,13H2,1-2H3,(H,29,30)(H,31,32). The Balaban J connectivity index is 1.78. The van der Waals surface area contributed by atoms with Crippen LogP contribution in [0.25, 0.3) is 11.1 Å². The number of hydrogen-bond donors (Lipinski definition) is 2. The first-order valence-electron chi connectivity index (χ1n) is 10.4. The number of benzene rings is 2. The molecule has 3 rings (SSSR count). The molecule has 0 atom stereocenters. The van der Waals surface area contributed by atoms with Crippen LogP contribution in [0, 0.1) is 19.8 Å². The molecule has 4 nitrogen and oxygen atoms in total. The molecule has 0 saturated heterocycles. The second-order valence-corrected chi connectivity index (χ2v) is 8.97. The number of hydrogen-bond acceptors (Lipinski definition) is 2. The molecule has 0 aromatic heterocycles. The predicted molar refractivity (Wildman–Crippen MR) is 117 cm³/mol. The van der Waals surface area contributed by atoms with Gasteiger partial charge in [-0.25, -0.2) is 4.79 Å². The predicted octanol–water partition coefficient (Wildman–Crippen LogP) is 5.86. The number of aryl methyl sites for hydroxylation is 2. The molecule has 0 heterocycles. The van der Waals surface area contributed by atoms with Crippen LogP contribution in [0.15, 0.2) is 36.4 Å². The Hall–Kier alpha value is -2.54. The molecule has 0 bridgehead atoms. The molecule has 1 aliphatic rings. The molecule has 32 heavy (non-hydrogen) atoms. The number of alkyl halides is 3. The highest BCUT2D eigenvalue weighted by Crippen LogP contribution is 2.41. The van der Waals surface area contributed by atoms with Crippen LogP contribution in [-0.2, 0) is 16.0 Å². The number of halogens is 4. The molecule has 1 saturated carbocycles. The van der Waals surface area contributed by atoms with Crippen LogP contribution in [0.3, 0.4) is 0 Å². The Morgan fingerprint density at radius 2 is 1.69 bits per heavy atom. The third-order valence-electron chi connectivity index (χ3n) is 6.28. The van der Waals surface area contributed by atoms with Crippen molar-refractivity contribution in [2.45, 2.75) is 57.7 Å². The SMILES string of the molecule is Cc1cc(C)c(-c2ccc(Cl)cc2)cc1CC(=O)NC1(C(=O)O)CCC(C(F)(F)F)CC1. The normalized spacial score (nSPS) is 21.2. The topological polar surface area (TPSA) is 66.4 Å². The smallest absolute Gasteiger partial charge is 0.391 e. The Bertz CT molecular complexity index is 1010. The van der Waals surface area contributed by atoms with Gasteiger partial charge >= 0.3 is 12.1 Å². The van der Waals surface area contributed by atoms with Gasteiger partial charge in [0.1, 0.15) is 5.54 Å². The first-order chi connectivity index (χ1) is 14.9. The van der Waals surface area contributed by atoms with Gasteiger partial charge in [0.25, 0.3) is 0 Å². The zero-order valence-corrected chi connectivity index (χ0v) is 18.6. The van der Waals surface area contributed by atoms with Crippen LogP contribution in [0.1, 0.15) is 42.4 Å². The molecule has 0 aliphatic heterocycles. The molecule has 172 valence electrons. The van der Waals surface area contributed by atoms with Crippen LogP contribution in [0.5, 0.6) is 0 Å². The first kappa shape index (κ1) is 24.1. The maximum atomic E-state index is 13.0. The first-order valence-corrected chi connectivity index (χ1v) is 10.8. The van der Waals surface area contributed by atoms with Crippen LogP contribution in [0.2, 0.25) is 5.02 Å². The van der Waals surface area contributed by atoms with E-state index in [9.17, 15) is 27.9 Å². The van der Waals surface area contributed by atoms with E-state index in [-0.39, 0.29) is 32.1 Å². The van der Waals surface area contributed by atoms with Crippen molar-refractivity contribution >= 4 is 23.5 Å². The third-order valence-corrected chi connectivity index (χ3v) is 6.53. The van der Waals surface area contributed by atoms with Gasteiger partial charge in [-0.15, -0.1) is 0 Å². The number of rotatable bonds is 5. The number of nitrogens with one attached hydrogen (secondary N) is 1. The lowest BCUT2D eigenvalue weighted by Crippen LogP contribution is -2.57. The number of amides is 1. The zero-order chi connectivity index (χ0) is 23.7. The van der Waals surface area contributed by atoms with E-state index in [1.807, 2.05) is 38.1 Å². The molecule has 2 aromatic rings. The Kier molecular flexibility index (Phi) is 6.89. The maximum Gasteiger partial charge on any atom is 0.391 e. The number of carbonyl (C=O) groups is 2. The van der Waals surface area contributed by atoms with Crippen LogP contribution >= 0.6 is 11.6 Å². The van der Waals surface area contributed by atoms with Gasteiger partial charge in [0.2, 0.25) is 5.91 Å². The summed E-state index contributed by atoms with van der Waals surface area (Å²) in [6.07, 6.45) is -5.56. The minimum absolute atomic E-state index is 0.0650. The van der Waals surface area contributed by atoms with Gasteiger partial charge in [0, 0.05) is 5.02 Å². The van der Waals surface area contributed by atoms with Gasteiger partial charge in [-0.2, -0.15) is 13.2 Å². The molecule has 0 unspecified atom stereocenters. The molecular weight excluding hydrogens is 443 g/mol. The summed E-state index contributed by atoms with van der Waals surface area (Å²) in [4.78, 5) is 24.7. The van der Waals surface area contributed by atoms with Gasteiger partial charge in [0.05, 0.1) is 12.3 Å². The molecule has 1 fully saturated rings. The minimum atomic E-state index is -4.36. The van der Waals surface area contributed by atoms with E-state index >= 15 is 0 Å². The average molecular weight is 468 g/mol. The highest BCUT2D eigenvalue weighted by molar-refractivity contribution is 6.30. The number of aliphatic carboxylic acids is 1. The van der Waals surface area contributed by atoms with Crippen LogP contribution in [0.4, 0.5) is 13.2 Å². The van der Waals surface area contributed by atoms with Gasteiger partial charge in [-0.05, 0) is 79.5 Å². The van der Waals surface area contributed by atoms with Crippen molar-refractivity contribution < 1.29 is 27.9 Å². The summed E-state index contributed by atoms with van der Waals surface area (Å²) in [5.41, 5.74) is 2.80. The van der Waals surface area contributed by atoms with E-state index in [2.05, 4.69) is 5.32 Å². The van der Waals surface area contributed by atoms with Crippen molar-refractivity contribution in [2.24, 2.45) is 5.92 Å². The summed E-state index contributed by atoms with van der Waals surface area (Å²) in [6, 6.07) is 11.1. The highest BCUT2D eigenvalue weighted by Gasteiger charge is 2.49. The largest absolute Gasteiger partial charge is 0.480 e. The molecule has 1 amide bonds. The van der Waals surface area contributed by atoms with E-state index in [4.69, 9.17) is 11.6 Å². The molecule has 0 radical (unpaired) electrons. The fraction of sp³-hybridized carbons (Fsp3) is 0.417. The van der Waals surface area contributed by atoms with Crippen LogP contribution in [-0.4, -0.2) is 28.7 Å². The Labute approximate surface area is 189 Å². The maximum absolute atomic E-state index is 13.0. The quantitative estimate of drug-likeness (QED) is 0.579. The summed E-state index contributed by atoms with van der Waals surface area (Å²) in [7, 11) is 0. The molecule has 8 heteroatoms. The fourth-order valence-electron chi connectivity index (χ4n) is 4.34. The Morgan fingerprint density at radius 3 is 2.22 bits per heavy atom. The lowest BCUT2D eigenvalue weighted by Gasteiger charge is -2.38. The van der Waals surface area contributed by atoms with Gasteiger partial charge in [0.15, 0.2) is 0 Å². The van der Waals surface area contributed by atoms with Crippen molar-refractivity contribution in [1.29, 1.82) is 0 Å². The lowest BCUT2D eigenvalue weighted by atomic mass is 9.76. The molecule has 1 aliphatic carbocycles. The second-order valence-electron chi connectivity index (χ2n) is 8.53. The molecular formula is C24H25ClF3NO3. The minimum Gasteiger partial charge on any atom is -0.480 e. The van der Waals surface area contributed by atoms with Crippen molar-refractivity contribution in [2.75, 3.05) is 0 Å². The monoisotopic (exact) mass is 467 g/mol. The van der Waals surface area contributed by atoms with E-state index in [1.165, 1.54) is 0 Å². The van der Waals surface area contributed by atoms with E-state index in [1.54, 1.807) is 12.1 Å². The van der Waals surface area contributed by atoms with Gasteiger partial charge in [-0.1, -0.05) is 35.9 Å². The van der Waals surface area contributed by atoms with Crippen molar-refractivity contribution in [3.8, 4) is 11.1 Å². The molecule has 0 spiro atoms. The van der Waals surface area contributed by atoms with Crippen molar-refractivity contribution in [3.63, 3.8) is 0 Å². The number of carboxylic acid groups (broad SMARTS) is 1. The van der Waals surface area contributed by atoms with Gasteiger partial charge < -0.3 is 10.4 Å². The summed E-state index contributed by atoms with van der Waals surface area (Å²) in [6.45, 7) is 3.82. The second kappa shape index (κ2) is 9.14. The van der Waals surface area contributed by atoms with Gasteiger partial charge in [-0.3, -0.25) is 4.79 Å².